The molecule has 3 heteroatoms. The number of hydrogen-bond acceptors (Lipinski definition) is 1. The van der Waals surface area contributed by atoms with Gasteiger partial charge in [0.25, 0.3) is 0 Å². The molecule has 14 heavy (non-hydrogen) atoms. The number of amides is 1. The van der Waals surface area contributed by atoms with Crippen molar-refractivity contribution in [3.05, 3.63) is 0 Å². The van der Waals surface area contributed by atoms with E-state index in [1.54, 1.807) is 0 Å². The van der Waals surface area contributed by atoms with E-state index in [0.717, 1.165) is 25.7 Å². The standard InChI is InChI=1S/C11H18ClNO/c12-8-11(6-1-2-7-11)13-10(14)9-4-3-5-9/h9H,1-8H2,(H,13,14). The number of carbonyl (C=O) groups is 1. The van der Waals surface area contributed by atoms with Gasteiger partial charge in [-0.2, -0.15) is 0 Å². The summed E-state index contributed by atoms with van der Waals surface area (Å²) in [6.45, 7) is 0. The van der Waals surface area contributed by atoms with Crippen LogP contribution in [0.5, 0.6) is 0 Å². The highest BCUT2D eigenvalue weighted by Gasteiger charge is 2.37. The van der Waals surface area contributed by atoms with Gasteiger partial charge in [-0.15, -0.1) is 11.6 Å². The van der Waals surface area contributed by atoms with Crippen molar-refractivity contribution in [3.63, 3.8) is 0 Å². The van der Waals surface area contributed by atoms with Gasteiger partial charge < -0.3 is 5.32 Å². The van der Waals surface area contributed by atoms with Gasteiger partial charge in [0, 0.05) is 11.8 Å². The first-order chi connectivity index (χ1) is 6.76. The molecule has 2 aliphatic rings. The van der Waals surface area contributed by atoms with Gasteiger partial charge in [-0.25, -0.2) is 0 Å². The Balaban J connectivity index is 1.89. The molecule has 2 aliphatic carbocycles. The van der Waals surface area contributed by atoms with Crippen LogP contribution < -0.4 is 5.32 Å². The average Bonchev–Trinajstić information content (AvgIpc) is 2.50. The number of rotatable bonds is 3. The number of alkyl halides is 1. The molecule has 0 unspecified atom stereocenters. The zero-order valence-electron chi connectivity index (χ0n) is 8.52. The molecule has 2 saturated carbocycles. The summed E-state index contributed by atoms with van der Waals surface area (Å²) < 4.78 is 0. The van der Waals surface area contributed by atoms with Gasteiger partial charge in [0.1, 0.15) is 0 Å². The first-order valence-corrected chi connectivity index (χ1v) is 6.17. The number of hydrogen-bond donors (Lipinski definition) is 1. The van der Waals surface area contributed by atoms with Crippen LogP contribution in [0.4, 0.5) is 0 Å². The van der Waals surface area contributed by atoms with E-state index >= 15 is 0 Å². The van der Waals surface area contributed by atoms with E-state index in [1.165, 1.54) is 19.3 Å². The van der Waals surface area contributed by atoms with Gasteiger partial charge in [-0.05, 0) is 25.7 Å². The Labute approximate surface area is 90.4 Å². The minimum atomic E-state index is -0.0613. The molecule has 0 heterocycles. The highest BCUT2D eigenvalue weighted by Crippen LogP contribution is 2.33. The molecule has 0 atom stereocenters. The van der Waals surface area contributed by atoms with Gasteiger partial charge in [0.2, 0.25) is 5.91 Å². The first-order valence-electron chi connectivity index (χ1n) is 5.64. The summed E-state index contributed by atoms with van der Waals surface area (Å²) in [4.78, 5) is 11.8. The molecule has 0 aromatic heterocycles. The molecule has 0 bridgehead atoms. The quantitative estimate of drug-likeness (QED) is 0.720. The molecule has 0 saturated heterocycles. The van der Waals surface area contributed by atoms with E-state index in [4.69, 9.17) is 11.6 Å². The summed E-state index contributed by atoms with van der Waals surface area (Å²) >= 11 is 5.96. The van der Waals surface area contributed by atoms with Crippen molar-refractivity contribution < 1.29 is 4.79 Å². The fourth-order valence-corrected chi connectivity index (χ4v) is 2.71. The summed E-state index contributed by atoms with van der Waals surface area (Å²) in [5.74, 6) is 1.11. The van der Waals surface area contributed by atoms with Crippen molar-refractivity contribution in [2.45, 2.75) is 50.5 Å². The van der Waals surface area contributed by atoms with Gasteiger partial charge in [-0.1, -0.05) is 19.3 Å². The topological polar surface area (TPSA) is 29.1 Å². The fourth-order valence-electron chi connectivity index (χ4n) is 2.38. The van der Waals surface area contributed by atoms with Crippen LogP contribution >= 0.6 is 11.6 Å². The normalized spacial score (nSPS) is 25.8. The molecule has 1 N–H and O–H groups in total. The highest BCUT2D eigenvalue weighted by atomic mass is 35.5. The Morgan fingerprint density at radius 3 is 2.36 bits per heavy atom. The van der Waals surface area contributed by atoms with Crippen LogP contribution in [0, 0.1) is 5.92 Å². The average molecular weight is 216 g/mol. The maximum Gasteiger partial charge on any atom is 0.223 e. The van der Waals surface area contributed by atoms with Crippen LogP contribution in [0.3, 0.4) is 0 Å². The minimum absolute atomic E-state index is 0.0613. The molecular weight excluding hydrogens is 198 g/mol. The van der Waals surface area contributed by atoms with E-state index in [9.17, 15) is 4.79 Å². The summed E-state index contributed by atoms with van der Waals surface area (Å²) in [7, 11) is 0. The lowest BCUT2D eigenvalue weighted by atomic mass is 9.84. The van der Waals surface area contributed by atoms with Crippen LogP contribution in [0.2, 0.25) is 0 Å². The van der Waals surface area contributed by atoms with E-state index in [2.05, 4.69) is 5.32 Å². The third kappa shape index (κ3) is 1.90. The minimum Gasteiger partial charge on any atom is -0.349 e. The highest BCUT2D eigenvalue weighted by molar-refractivity contribution is 6.18. The molecule has 0 aromatic rings. The second kappa shape index (κ2) is 4.09. The Morgan fingerprint density at radius 1 is 1.29 bits per heavy atom. The molecule has 1 amide bonds. The molecule has 0 radical (unpaired) electrons. The van der Waals surface area contributed by atoms with Crippen molar-refractivity contribution in [2.75, 3.05) is 5.88 Å². The largest absolute Gasteiger partial charge is 0.349 e. The van der Waals surface area contributed by atoms with Crippen LogP contribution in [0.25, 0.3) is 0 Å². The molecular formula is C11H18ClNO. The van der Waals surface area contributed by atoms with E-state index in [1.807, 2.05) is 0 Å². The first kappa shape index (κ1) is 10.3. The second-order valence-corrected chi connectivity index (χ2v) is 5.01. The fraction of sp³-hybridized carbons (Fsp3) is 0.909. The third-order valence-corrected chi connectivity index (χ3v) is 4.19. The van der Waals surface area contributed by atoms with E-state index < -0.39 is 0 Å². The third-order valence-electron chi connectivity index (χ3n) is 3.68. The molecule has 2 rings (SSSR count). The Kier molecular flexibility index (Phi) is 3.01. The van der Waals surface area contributed by atoms with Gasteiger partial charge >= 0.3 is 0 Å². The van der Waals surface area contributed by atoms with Crippen molar-refractivity contribution >= 4 is 17.5 Å². The van der Waals surface area contributed by atoms with Crippen molar-refractivity contribution in [3.8, 4) is 0 Å². The monoisotopic (exact) mass is 215 g/mol. The van der Waals surface area contributed by atoms with Gasteiger partial charge in [0.15, 0.2) is 0 Å². The SMILES string of the molecule is O=C(NC1(CCl)CCCC1)C1CCC1. The maximum absolute atomic E-state index is 11.8. The predicted molar refractivity (Wildman–Crippen MR) is 57.4 cm³/mol. The lowest BCUT2D eigenvalue weighted by molar-refractivity contribution is -0.129. The molecule has 0 aliphatic heterocycles. The zero-order chi connectivity index (χ0) is 10.0. The Morgan fingerprint density at radius 2 is 1.93 bits per heavy atom. The lowest BCUT2D eigenvalue weighted by Crippen LogP contribution is -2.51. The Bertz CT molecular complexity index is 219. The number of carbonyl (C=O) groups excluding carboxylic acids is 1. The van der Waals surface area contributed by atoms with Crippen LogP contribution in [-0.4, -0.2) is 17.3 Å². The second-order valence-electron chi connectivity index (χ2n) is 4.74. The van der Waals surface area contributed by atoms with Crippen molar-refractivity contribution in [1.82, 2.24) is 5.32 Å². The molecule has 0 aromatic carbocycles. The molecule has 0 spiro atoms. The van der Waals surface area contributed by atoms with Gasteiger partial charge in [-0.3, -0.25) is 4.79 Å². The van der Waals surface area contributed by atoms with Crippen molar-refractivity contribution in [1.29, 1.82) is 0 Å². The predicted octanol–water partition coefficient (Wildman–Crippen LogP) is 2.45. The lowest BCUT2D eigenvalue weighted by Gasteiger charge is -2.32. The smallest absolute Gasteiger partial charge is 0.223 e. The maximum atomic E-state index is 11.8. The van der Waals surface area contributed by atoms with Crippen LogP contribution in [0.15, 0.2) is 0 Å². The number of halogens is 1. The zero-order valence-corrected chi connectivity index (χ0v) is 9.28. The van der Waals surface area contributed by atoms with E-state index in [-0.39, 0.29) is 17.4 Å². The molecule has 2 fully saturated rings. The summed E-state index contributed by atoms with van der Waals surface area (Å²) in [6, 6.07) is 0. The summed E-state index contributed by atoms with van der Waals surface area (Å²) in [6.07, 6.45) is 7.90. The molecule has 80 valence electrons. The van der Waals surface area contributed by atoms with Gasteiger partial charge in [0.05, 0.1) is 5.54 Å². The Hall–Kier alpha value is -0.240. The summed E-state index contributed by atoms with van der Waals surface area (Å²) in [5.41, 5.74) is -0.0613. The van der Waals surface area contributed by atoms with Crippen LogP contribution in [-0.2, 0) is 4.79 Å². The van der Waals surface area contributed by atoms with E-state index in [0.29, 0.717) is 5.88 Å². The van der Waals surface area contributed by atoms with Crippen LogP contribution in [0.1, 0.15) is 44.9 Å². The molecule has 2 nitrogen and oxygen atoms in total. The number of nitrogens with one attached hydrogen (secondary N) is 1. The summed E-state index contributed by atoms with van der Waals surface area (Å²) in [5, 5.41) is 3.17. The van der Waals surface area contributed by atoms with Crippen molar-refractivity contribution in [2.24, 2.45) is 5.92 Å².